The number of nitrogens with zero attached hydrogens (tertiary/aromatic N) is 3. The van der Waals surface area contributed by atoms with Crippen LogP contribution in [0.4, 0.5) is 5.69 Å². The summed E-state index contributed by atoms with van der Waals surface area (Å²) in [7, 11) is 0. The van der Waals surface area contributed by atoms with E-state index in [9.17, 15) is 9.59 Å². The van der Waals surface area contributed by atoms with Crippen molar-refractivity contribution in [2.24, 2.45) is 5.92 Å². The second-order valence-electron chi connectivity index (χ2n) is 8.93. The monoisotopic (exact) mass is 472 g/mol. The summed E-state index contributed by atoms with van der Waals surface area (Å²) in [5.74, 6) is 0.405. The third-order valence-corrected chi connectivity index (χ3v) is 7.38. The number of aromatic nitrogens is 2. The molecule has 2 aromatic carbocycles. The van der Waals surface area contributed by atoms with Crippen molar-refractivity contribution in [1.29, 1.82) is 0 Å². The van der Waals surface area contributed by atoms with E-state index in [1.165, 1.54) is 22.6 Å². The van der Waals surface area contributed by atoms with Crippen LogP contribution in [-0.4, -0.2) is 35.1 Å². The Bertz CT molecular complexity index is 1340. The maximum Gasteiger partial charge on any atom is 0.262 e. The van der Waals surface area contributed by atoms with Crippen LogP contribution in [0, 0.1) is 12.8 Å². The molecule has 7 heteroatoms. The molecule has 1 unspecified atom stereocenters. The van der Waals surface area contributed by atoms with Crippen molar-refractivity contribution in [3.63, 3.8) is 0 Å². The Morgan fingerprint density at radius 3 is 2.74 bits per heavy atom. The minimum absolute atomic E-state index is 0.0331. The van der Waals surface area contributed by atoms with Gasteiger partial charge in [0.1, 0.15) is 4.83 Å². The highest BCUT2D eigenvalue weighted by Crippen LogP contribution is 2.30. The first-order valence-corrected chi connectivity index (χ1v) is 12.6. The van der Waals surface area contributed by atoms with E-state index < -0.39 is 0 Å². The maximum absolute atomic E-state index is 13.2. The topological polar surface area (TPSA) is 67.2 Å². The molecule has 174 valence electrons. The zero-order valence-electron chi connectivity index (χ0n) is 19.2. The Morgan fingerprint density at radius 1 is 1.15 bits per heavy atom. The first-order valence-electron chi connectivity index (χ1n) is 11.7. The Labute approximate surface area is 202 Å². The first kappa shape index (κ1) is 22.3. The second-order valence-corrected chi connectivity index (χ2v) is 9.79. The number of carbonyl (C=O) groups is 1. The molecular weight excluding hydrogens is 444 g/mol. The lowest BCUT2D eigenvalue weighted by Crippen LogP contribution is -2.32. The zero-order valence-corrected chi connectivity index (χ0v) is 20.1. The van der Waals surface area contributed by atoms with Gasteiger partial charge in [-0.3, -0.25) is 14.2 Å². The van der Waals surface area contributed by atoms with Crippen molar-refractivity contribution in [3.8, 4) is 11.1 Å². The van der Waals surface area contributed by atoms with Gasteiger partial charge >= 0.3 is 0 Å². The molecule has 1 atom stereocenters. The van der Waals surface area contributed by atoms with Crippen LogP contribution in [0.2, 0.25) is 0 Å². The van der Waals surface area contributed by atoms with Crippen LogP contribution in [-0.2, 0) is 11.3 Å². The van der Waals surface area contributed by atoms with Gasteiger partial charge in [-0.15, -0.1) is 11.3 Å². The van der Waals surface area contributed by atoms with E-state index in [1.54, 1.807) is 10.9 Å². The number of para-hydroxylation sites is 1. The molecular formula is C27H28N4O2S. The van der Waals surface area contributed by atoms with Crippen LogP contribution in [0.1, 0.15) is 18.4 Å². The third kappa shape index (κ3) is 4.75. The number of amides is 1. The molecule has 1 aliphatic heterocycles. The molecule has 1 N–H and O–H groups in total. The van der Waals surface area contributed by atoms with Crippen LogP contribution in [0.15, 0.2) is 71.1 Å². The summed E-state index contributed by atoms with van der Waals surface area (Å²) in [6.45, 7) is 4.98. The van der Waals surface area contributed by atoms with E-state index in [0.29, 0.717) is 24.4 Å². The molecule has 0 spiro atoms. The van der Waals surface area contributed by atoms with Gasteiger partial charge in [-0.2, -0.15) is 0 Å². The number of carbonyl (C=O) groups excluding carboxylic acids is 1. The van der Waals surface area contributed by atoms with Gasteiger partial charge in [0.05, 0.1) is 11.7 Å². The van der Waals surface area contributed by atoms with Gasteiger partial charge in [0, 0.05) is 49.2 Å². The Hall–Kier alpha value is -3.45. The predicted molar refractivity (Wildman–Crippen MR) is 138 cm³/mol. The van der Waals surface area contributed by atoms with Gasteiger partial charge in [0.2, 0.25) is 5.91 Å². The number of hydrogen-bond donors (Lipinski definition) is 1. The highest BCUT2D eigenvalue weighted by atomic mass is 32.1. The number of benzene rings is 2. The molecule has 6 nitrogen and oxygen atoms in total. The van der Waals surface area contributed by atoms with E-state index in [4.69, 9.17) is 0 Å². The van der Waals surface area contributed by atoms with Gasteiger partial charge in [-0.1, -0.05) is 48.0 Å². The lowest BCUT2D eigenvalue weighted by Gasteiger charge is -2.18. The fourth-order valence-corrected chi connectivity index (χ4v) is 5.42. The maximum atomic E-state index is 13.2. The van der Waals surface area contributed by atoms with E-state index in [1.807, 2.05) is 42.6 Å². The zero-order chi connectivity index (χ0) is 23.5. The van der Waals surface area contributed by atoms with Gasteiger partial charge in [-0.05, 0) is 37.0 Å². The van der Waals surface area contributed by atoms with Crippen molar-refractivity contribution < 1.29 is 4.79 Å². The summed E-state index contributed by atoms with van der Waals surface area (Å²) < 4.78 is 1.55. The molecule has 0 bridgehead atoms. The average Bonchev–Trinajstić information content (AvgIpc) is 3.51. The summed E-state index contributed by atoms with van der Waals surface area (Å²) in [5.41, 5.74) is 4.23. The van der Waals surface area contributed by atoms with Crippen LogP contribution in [0.5, 0.6) is 0 Å². The summed E-state index contributed by atoms with van der Waals surface area (Å²) >= 11 is 1.47. The predicted octanol–water partition coefficient (Wildman–Crippen LogP) is 4.47. The first-order chi connectivity index (χ1) is 16.6. The van der Waals surface area contributed by atoms with Crippen LogP contribution >= 0.6 is 11.3 Å². The van der Waals surface area contributed by atoms with Crippen molar-refractivity contribution >= 4 is 33.1 Å². The molecule has 2 aromatic heterocycles. The molecule has 0 radical (unpaired) electrons. The summed E-state index contributed by atoms with van der Waals surface area (Å²) in [6, 6.07) is 18.5. The number of thiophene rings is 1. The Kier molecular flexibility index (Phi) is 6.45. The van der Waals surface area contributed by atoms with Gasteiger partial charge in [0.15, 0.2) is 0 Å². The molecule has 1 saturated heterocycles. The molecule has 1 fully saturated rings. The number of nitrogens with one attached hydrogen (secondary N) is 1. The number of hydrogen-bond acceptors (Lipinski definition) is 5. The molecule has 34 heavy (non-hydrogen) atoms. The molecule has 4 aromatic rings. The van der Waals surface area contributed by atoms with Crippen LogP contribution in [0.3, 0.4) is 0 Å². The van der Waals surface area contributed by atoms with Crippen molar-refractivity contribution in [1.82, 2.24) is 14.9 Å². The van der Waals surface area contributed by atoms with Gasteiger partial charge in [0.25, 0.3) is 5.56 Å². The molecule has 5 rings (SSSR count). The molecule has 0 saturated carbocycles. The van der Waals surface area contributed by atoms with Gasteiger partial charge in [-0.25, -0.2) is 4.98 Å². The number of rotatable bonds is 7. The van der Waals surface area contributed by atoms with Crippen molar-refractivity contribution in [3.05, 3.63) is 82.2 Å². The van der Waals surface area contributed by atoms with Crippen LogP contribution in [0.25, 0.3) is 21.3 Å². The fraction of sp³-hybridized carbons (Fsp3) is 0.296. The van der Waals surface area contributed by atoms with Crippen molar-refractivity contribution in [2.75, 3.05) is 24.5 Å². The second kappa shape index (κ2) is 9.81. The lowest BCUT2D eigenvalue weighted by atomic mass is 10.1. The van der Waals surface area contributed by atoms with E-state index >= 15 is 0 Å². The average molecular weight is 473 g/mol. The SMILES string of the molecule is Cc1ccc(-c2csc3ncn(CCC(=O)NCC4CCN(c5ccccc5)C4)c(=O)c23)cc1. The third-order valence-electron chi connectivity index (χ3n) is 6.50. The number of anilines is 1. The largest absolute Gasteiger partial charge is 0.371 e. The highest BCUT2D eigenvalue weighted by molar-refractivity contribution is 7.17. The van der Waals surface area contributed by atoms with E-state index in [0.717, 1.165) is 35.5 Å². The Balaban J connectivity index is 1.19. The summed E-state index contributed by atoms with van der Waals surface area (Å²) in [6.07, 6.45) is 2.88. The Morgan fingerprint density at radius 2 is 1.94 bits per heavy atom. The summed E-state index contributed by atoms with van der Waals surface area (Å²) in [4.78, 5) is 33.3. The lowest BCUT2D eigenvalue weighted by molar-refractivity contribution is -0.121. The highest BCUT2D eigenvalue weighted by Gasteiger charge is 2.23. The van der Waals surface area contributed by atoms with E-state index in [-0.39, 0.29) is 17.9 Å². The molecule has 3 heterocycles. The van der Waals surface area contributed by atoms with Crippen molar-refractivity contribution in [2.45, 2.75) is 26.3 Å². The minimum atomic E-state index is -0.0936. The standard InChI is InChI=1S/C27H28N4O2S/c1-19-7-9-21(10-8-19)23-17-34-26-25(23)27(33)31(18-29-26)14-12-24(32)28-15-20-11-13-30(16-20)22-5-3-2-4-6-22/h2-10,17-18,20H,11-16H2,1H3,(H,28,32). The molecule has 1 amide bonds. The number of aryl methyl sites for hydroxylation is 2. The summed E-state index contributed by atoms with van der Waals surface area (Å²) in [5, 5.41) is 5.68. The fourth-order valence-electron chi connectivity index (χ4n) is 4.51. The van der Waals surface area contributed by atoms with Gasteiger partial charge < -0.3 is 10.2 Å². The molecule has 1 aliphatic rings. The van der Waals surface area contributed by atoms with E-state index in [2.05, 4.69) is 39.5 Å². The van der Waals surface area contributed by atoms with Crippen LogP contribution < -0.4 is 15.8 Å². The minimum Gasteiger partial charge on any atom is -0.371 e. The smallest absolute Gasteiger partial charge is 0.262 e. The molecule has 0 aliphatic carbocycles. The normalized spacial score (nSPS) is 15.7. The quantitative estimate of drug-likeness (QED) is 0.431. The number of fused-ring (bicyclic) bond motifs is 1.